The molecule has 3 heteroatoms. The Hall–Kier alpha value is -1.77. The van der Waals surface area contributed by atoms with Gasteiger partial charge in [0, 0.05) is 26.7 Å². The Labute approximate surface area is 138 Å². The lowest BCUT2D eigenvalue weighted by molar-refractivity contribution is 0.629. The average molecular weight is 326 g/mol. The minimum absolute atomic E-state index is 0.402. The number of fused-ring (bicyclic) bond motifs is 2. The van der Waals surface area contributed by atoms with Gasteiger partial charge in [0.2, 0.25) is 0 Å². The topological polar surface area (TPSA) is 4.93 Å². The first-order valence-corrected chi connectivity index (χ1v) is 8.62. The molecule has 0 fully saturated rings. The van der Waals surface area contributed by atoms with Crippen LogP contribution in [0.4, 0.5) is 0 Å². The lowest BCUT2D eigenvalue weighted by atomic mass is 10.2. The summed E-state index contributed by atoms with van der Waals surface area (Å²) in [5, 5.41) is 3.30. The fourth-order valence-electron chi connectivity index (χ4n) is 3.06. The van der Waals surface area contributed by atoms with Crippen LogP contribution in [-0.2, 0) is 0 Å². The maximum absolute atomic E-state index is 6.16. The molecular formula is C19H16ClNS. The SMILES string of the molecule is CC(C)n1c(-c2cc3ccccc3s2)cc2cc(Cl)ccc21. The minimum Gasteiger partial charge on any atom is -0.337 e. The van der Waals surface area contributed by atoms with Gasteiger partial charge in [-0.15, -0.1) is 11.3 Å². The Morgan fingerprint density at radius 1 is 0.955 bits per heavy atom. The second kappa shape index (κ2) is 5.15. The molecule has 0 aliphatic rings. The average Bonchev–Trinajstić information content (AvgIpc) is 3.07. The van der Waals surface area contributed by atoms with Crippen LogP contribution in [0, 0.1) is 0 Å². The molecule has 0 N–H and O–H groups in total. The Balaban J connectivity index is 2.02. The largest absolute Gasteiger partial charge is 0.337 e. The summed E-state index contributed by atoms with van der Waals surface area (Å²) in [6, 6.07) is 19.6. The summed E-state index contributed by atoms with van der Waals surface area (Å²) < 4.78 is 3.73. The van der Waals surface area contributed by atoms with E-state index in [0.29, 0.717) is 6.04 Å². The number of rotatable bonds is 2. The monoisotopic (exact) mass is 325 g/mol. The first-order chi connectivity index (χ1) is 10.6. The predicted molar refractivity (Wildman–Crippen MR) is 98.2 cm³/mol. The van der Waals surface area contributed by atoms with E-state index in [0.717, 1.165) is 5.02 Å². The number of halogens is 1. The molecule has 0 amide bonds. The summed E-state index contributed by atoms with van der Waals surface area (Å²) in [6.45, 7) is 4.45. The zero-order valence-electron chi connectivity index (χ0n) is 12.5. The molecule has 0 radical (unpaired) electrons. The van der Waals surface area contributed by atoms with Gasteiger partial charge in [-0.05, 0) is 55.6 Å². The zero-order chi connectivity index (χ0) is 15.3. The summed E-state index contributed by atoms with van der Waals surface area (Å²) in [6.07, 6.45) is 0. The van der Waals surface area contributed by atoms with Crippen molar-refractivity contribution in [2.24, 2.45) is 0 Å². The molecule has 110 valence electrons. The smallest absolute Gasteiger partial charge is 0.0595 e. The van der Waals surface area contributed by atoms with E-state index in [-0.39, 0.29) is 0 Å². The Kier molecular flexibility index (Phi) is 3.24. The number of aromatic nitrogens is 1. The van der Waals surface area contributed by atoms with Gasteiger partial charge in [-0.3, -0.25) is 0 Å². The van der Waals surface area contributed by atoms with Crippen molar-refractivity contribution in [2.75, 3.05) is 0 Å². The molecule has 0 saturated carbocycles. The van der Waals surface area contributed by atoms with Crippen LogP contribution in [0.2, 0.25) is 5.02 Å². The molecule has 2 aromatic carbocycles. The standard InChI is InChI=1S/C19H16ClNS/c1-12(2)21-16-8-7-15(20)9-14(16)10-17(21)19-11-13-5-3-4-6-18(13)22-19/h3-12H,1-2H3. The highest BCUT2D eigenvalue weighted by atomic mass is 35.5. The maximum atomic E-state index is 6.16. The van der Waals surface area contributed by atoms with Crippen molar-refractivity contribution in [1.82, 2.24) is 4.57 Å². The van der Waals surface area contributed by atoms with E-state index < -0.39 is 0 Å². The minimum atomic E-state index is 0.402. The molecule has 4 rings (SSSR count). The molecule has 4 aromatic rings. The highest BCUT2D eigenvalue weighted by Gasteiger charge is 2.15. The second-order valence-electron chi connectivity index (χ2n) is 5.84. The molecule has 0 unspecified atom stereocenters. The third kappa shape index (κ3) is 2.15. The molecule has 1 nitrogen and oxygen atoms in total. The van der Waals surface area contributed by atoms with Crippen LogP contribution < -0.4 is 0 Å². The van der Waals surface area contributed by atoms with E-state index in [4.69, 9.17) is 11.6 Å². The van der Waals surface area contributed by atoms with Gasteiger partial charge in [-0.25, -0.2) is 0 Å². The van der Waals surface area contributed by atoms with E-state index in [9.17, 15) is 0 Å². The third-order valence-electron chi connectivity index (χ3n) is 4.00. The van der Waals surface area contributed by atoms with Gasteiger partial charge < -0.3 is 4.57 Å². The quantitative estimate of drug-likeness (QED) is 0.384. The summed E-state index contributed by atoms with van der Waals surface area (Å²) in [4.78, 5) is 1.31. The number of hydrogen-bond donors (Lipinski definition) is 0. The van der Waals surface area contributed by atoms with E-state index in [2.05, 4.69) is 60.9 Å². The summed E-state index contributed by atoms with van der Waals surface area (Å²) in [5.74, 6) is 0. The van der Waals surface area contributed by atoms with Gasteiger partial charge in [0.05, 0.1) is 10.6 Å². The van der Waals surface area contributed by atoms with Crippen LogP contribution in [0.5, 0.6) is 0 Å². The Morgan fingerprint density at radius 3 is 2.55 bits per heavy atom. The number of benzene rings is 2. The van der Waals surface area contributed by atoms with Crippen LogP contribution >= 0.6 is 22.9 Å². The highest BCUT2D eigenvalue weighted by Crippen LogP contribution is 2.38. The van der Waals surface area contributed by atoms with Crippen LogP contribution in [0.1, 0.15) is 19.9 Å². The molecular weight excluding hydrogens is 310 g/mol. The highest BCUT2D eigenvalue weighted by molar-refractivity contribution is 7.22. The Bertz CT molecular complexity index is 945. The number of thiophene rings is 1. The molecule has 0 aliphatic carbocycles. The van der Waals surface area contributed by atoms with E-state index >= 15 is 0 Å². The first-order valence-electron chi connectivity index (χ1n) is 7.43. The van der Waals surface area contributed by atoms with Gasteiger partial charge in [0.1, 0.15) is 0 Å². The van der Waals surface area contributed by atoms with Crippen molar-refractivity contribution in [3.63, 3.8) is 0 Å². The van der Waals surface area contributed by atoms with Gasteiger partial charge in [-0.1, -0.05) is 29.8 Å². The Morgan fingerprint density at radius 2 is 1.77 bits per heavy atom. The number of nitrogens with zero attached hydrogens (tertiary/aromatic N) is 1. The van der Waals surface area contributed by atoms with Gasteiger partial charge in [0.15, 0.2) is 0 Å². The fourth-order valence-corrected chi connectivity index (χ4v) is 4.32. The first kappa shape index (κ1) is 13.9. The summed E-state index contributed by atoms with van der Waals surface area (Å²) >= 11 is 8.01. The van der Waals surface area contributed by atoms with Crippen molar-refractivity contribution < 1.29 is 0 Å². The number of hydrogen-bond acceptors (Lipinski definition) is 1. The lowest BCUT2D eigenvalue weighted by Gasteiger charge is -2.13. The molecule has 2 aromatic heterocycles. The van der Waals surface area contributed by atoms with Crippen molar-refractivity contribution >= 4 is 43.9 Å². The molecule has 0 spiro atoms. The van der Waals surface area contributed by atoms with Crippen molar-refractivity contribution in [1.29, 1.82) is 0 Å². The molecule has 0 atom stereocenters. The van der Waals surface area contributed by atoms with Crippen LogP contribution in [0.3, 0.4) is 0 Å². The molecule has 0 bridgehead atoms. The molecule has 22 heavy (non-hydrogen) atoms. The van der Waals surface area contributed by atoms with Crippen molar-refractivity contribution in [2.45, 2.75) is 19.9 Å². The predicted octanol–water partition coefficient (Wildman–Crippen LogP) is 6.76. The normalized spacial score (nSPS) is 11.8. The van der Waals surface area contributed by atoms with Crippen LogP contribution in [0.25, 0.3) is 31.6 Å². The summed E-state index contributed by atoms with van der Waals surface area (Å²) in [5.41, 5.74) is 2.51. The molecule has 2 heterocycles. The lowest BCUT2D eigenvalue weighted by Crippen LogP contribution is -2.01. The second-order valence-corrected chi connectivity index (χ2v) is 7.37. The van der Waals surface area contributed by atoms with E-state index in [1.54, 1.807) is 0 Å². The molecule has 0 aliphatic heterocycles. The van der Waals surface area contributed by atoms with Gasteiger partial charge in [0.25, 0.3) is 0 Å². The van der Waals surface area contributed by atoms with E-state index in [1.807, 2.05) is 23.5 Å². The van der Waals surface area contributed by atoms with E-state index in [1.165, 1.54) is 31.6 Å². The van der Waals surface area contributed by atoms with Crippen molar-refractivity contribution in [3.05, 3.63) is 59.6 Å². The van der Waals surface area contributed by atoms with Gasteiger partial charge in [-0.2, -0.15) is 0 Å². The molecule has 0 saturated heterocycles. The van der Waals surface area contributed by atoms with Gasteiger partial charge >= 0.3 is 0 Å². The van der Waals surface area contributed by atoms with Crippen LogP contribution in [0.15, 0.2) is 54.6 Å². The fraction of sp³-hybridized carbons (Fsp3) is 0.158. The third-order valence-corrected chi connectivity index (χ3v) is 5.37. The van der Waals surface area contributed by atoms with Crippen molar-refractivity contribution in [3.8, 4) is 10.6 Å². The maximum Gasteiger partial charge on any atom is 0.0595 e. The van der Waals surface area contributed by atoms with Crippen LogP contribution in [-0.4, -0.2) is 4.57 Å². The summed E-state index contributed by atoms with van der Waals surface area (Å²) in [7, 11) is 0. The zero-order valence-corrected chi connectivity index (χ0v) is 14.1.